The maximum absolute atomic E-state index is 13.4. The van der Waals surface area contributed by atoms with Crippen molar-refractivity contribution in [1.29, 1.82) is 0 Å². The van der Waals surface area contributed by atoms with Crippen LogP contribution < -0.4 is 14.8 Å². The molecule has 0 atom stereocenters. The third kappa shape index (κ3) is 3.57. The number of carbonyl (C=O) groups is 1. The molecule has 0 aliphatic heterocycles. The fourth-order valence-electron chi connectivity index (χ4n) is 2.73. The first-order valence-electron chi connectivity index (χ1n) is 7.88. The largest absolute Gasteiger partial charge is 0.493 e. The Morgan fingerprint density at radius 2 is 1.92 bits per heavy atom. The van der Waals surface area contributed by atoms with E-state index in [0.717, 1.165) is 11.1 Å². The van der Waals surface area contributed by atoms with Gasteiger partial charge in [-0.3, -0.25) is 4.79 Å². The number of rotatable bonds is 6. The van der Waals surface area contributed by atoms with E-state index in [0.29, 0.717) is 35.4 Å². The smallest absolute Gasteiger partial charge is 0.253 e. The van der Waals surface area contributed by atoms with Crippen LogP contribution in [0.3, 0.4) is 0 Å². The Labute approximate surface area is 144 Å². The van der Waals surface area contributed by atoms with Crippen molar-refractivity contribution >= 4 is 16.8 Å². The van der Waals surface area contributed by atoms with Gasteiger partial charge in [-0.1, -0.05) is 6.07 Å². The van der Waals surface area contributed by atoms with Crippen molar-refractivity contribution in [3.63, 3.8) is 0 Å². The van der Waals surface area contributed by atoms with Crippen LogP contribution in [0.15, 0.2) is 42.6 Å². The summed E-state index contributed by atoms with van der Waals surface area (Å²) in [6, 6.07) is 9.97. The molecule has 1 amide bonds. The highest BCUT2D eigenvalue weighted by atomic mass is 19.1. The van der Waals surface area contributed by atoms with Crippen molar-refractivity contribution in [1.82, 2.24) is 10.3 Å². The lowest BCUT2D eigenvalue weighted by Gasteiger charge is -2.10. The van der Waals surface area contributed by atoms with Crippen LogP contribution in [0.4, 0.5) is 4.39 Å². The molecule has 5 nitrogen and oxygen atoms in total. The number of methoxy groups -OCH3 is 2. The first-order valence-corrected chi connectivity index (χ1v) is 7.88. The molecule has 0 saturated carbocycles. The van der Waals surface area contributed by atoms with Gasteiger partial charge in [0.15, 0.2) is 11.5 Å². The summed E-state index contributed by atoms with van der Waals surface area (Å²) >= 11 is 0. The molecule has 6 heteroatoms. The van der Waals surface area contributed by atoms with Crippen molar-refractivity contribution < 1.29 is 18.7 Å². The molecular formula is C19H19FN2O3. The summed E-state index contributed by atoms with van der Waals surface area (Å²) in [6.07, 6.45) is 2.23. The second-order valence-electron chi connectivity index (χ2n) is 5.59. The third-order valence-corrected chi connectivity index (χ3v) is 4.04. The quantitative estimate of drug-likeness (QED) is 0.722. The Bertz CT molecular complexity index is 905. The van der Waals surface area contributed by atoms with Gasteiger partial charge in [0.2, 0.25) is 0 Å². The lowest BCUT2D eigenvalue weighted by atomic mass is 10.1. The van der Waals surface area contributed by atoms with Gasteiger partial charge in [0.25, 0.3) is 5.91 Å². The molecule has 0 aliphatic carbocycles. The maximum Gasteiger partial charge on any atom is 0.253 e. The number of aromatic nitrogens is 1. The Morgan fingerprint density at radius 1 is 1.12 bits per heavy atom. The molecule has 1 aromatic heterocycles. The molecule has 130 valence electrons. The van der Waals surface area contributed by atoms with Crippen LogP contribution in [-0.2, 0) is 6.42 Å². The van der Waals surface area contributed by atoms with Gasteiger partial charge in [0, 0.05) is 23.6 Å². The number of H-pyrrole nitrogens is 1. The van der Waals surface area contributed by atoms with Gasteiger partial charge in [-0.2, -0.15) is 0 Å². The fraction of sp³-hybridized carbons (Fsp3) is 0.211. The molecule has 0 fully saturated rings. The number of halogens is 1. The molecule has 0 bridgehead atoms. The Balaban J connectivity index is 1.65. The normalized spacial score (nSPS) is 10.7. The molecular weight excluding hydrogens is 323 g/mol. The zero-order valence-corrected chi connectivity index (χ0v) is 14.1. The van der Waals surface area contributed by atoms with Crippen LogP contribution in [-0.4, -0.2) is 31.7 Å². The molecule has 0 radical (unpaired) electrons. The number of amides is 1. The number of benzene rings is 2. The molecule has 0 spiro atoms. The highest BCUT2D eigenvalue weighted by Crippen LogP contribution is 2.27. The van der Waals surface area contributed by atoms with Crippen LogP contribution in [0.1, 0.15) is 15.9 Å². The van der Waals surface area contributed by atoms with Gasteiger partial charge in [0.1, 0.15) is 5.82 Å². The van der Waals surface area contributed by atoms with E-state index in [1.54, 1.807) is 26.5 Å². The molecule has 0 unspecified atom stereocenters. The number of nitrogens with one attached hydrogen (secondary N) is 2. The average molecular weight is 342 g/mol. The lowest BCUT2D eigenvalue weighted by Crippen LogP contribution is -2.25. The van der Waals surface area contributed by atoms with Crippen LogP contribution >= 0.6 is 0 Å². The maximum atomic E-state index is 13.4. The second-order valence-corrected chi connectivity index (χ2v) is 5.59. The molecule has 2 N–H and O–H groups in total. The van der Waals surface area contributed by atoms with E-state index in [9.17, 15) is 9.18 Å². The van der Waals surface area contributed by atoms with Crippen molar-refractivity contribution in [2.45, 2.75) is 6.42 Å². The Morgan fingerprint density at radius 3 is 2.68 bits per heavy atom. The first-order chi connectivity index (χ1) is 12.1. The van der Waals surface area contributed by atoms with Crippen LogP contribution in [0, 0.1) is 5.82 Å². The van der Waals surface area contributed by atoms with Crippen LogP contribution in [0.2, 0.25) is 0 Å². The highest BCUT2D eigenvalue weighted by molar-refractivity contribution is 6.06. The third-order valence-electron chi connectivity index (χ3n) is 4.04. The van der Waals surface area contributed by atoms with Crippen molar-refractivity contribution in [2.24, 2.45) is 0 Å². The van der Waals surface area contributed by atoms with Crippen molar-refractivity contribution in [2.75, 3.05) is 20.8 Å². The minimum absolute atomic E-state index is 0.239. The summed E-state index contributed by atoms with van der Waals surface area (Å²) in [4.78, 5) is 15.3. The average Bonchev–Trinajstić information content (AvgIpc) is 3.04. The number of carbonyl (C=O) groups excluding carboxylic acids is 1. The fourth-order valence-corrected chi connectivity index (χ4v) is 2.73. The second kappa shape index (κ2) is 7.25. The summed E-state index contributed by atoms with van der Waals surface area (Å²) in [5, 5.41) is 3.43. The lowest BCUT2D eigenvalue weighted by molar-refractivity contribution is 0.0956. The van der Waals surface area contributed by atoms with Crippen LogP contribution in [0.25, 0.3) is 10.9 Å². The summed E-state index contributed by atoms with van der Waals surface area (Å²) in [6.45, 7) is 0.455. The Kier molecular flexibility index (Phi) is 4.88. The standard InChI is InChI=1S/C19H19FN2O3/c1-24-17-6-3-12(9-18(17)25-2)7-8-21-19(23)15-11-22-16-5-4-13(20)10-14(15)16/h3-6,9-11,22H,7-8H2,1-2H3,(H,21,23). The zero-order valence-electron chi connectivity index (χ0n) is 14.1. The minimum atomic E-state index is -0.369. The summed E-state index contributed by atoms with van der Waals surface area (Å²) < 4.78 is 23.9. The summed E-state index contributed by atoms with van der Waals surface area (Å²) in [5.41, 5.74) is 2.18. The number of fused-ring (bicyclic) bond motifs is 1. The number of aromatic amines is 1. The predicted octanol–water partition coefficient (Wildman–Crippen LogP) is 3.30. The van der Waals surface area contributed by atoms with Crippen molar-refractivity contribution in [3.05, 3.63) is 59.5 Å². The Hall–Kier alpha value is -3.02. The molecule has 25 heavy (non-hydrogen) atoms. The topological polar surface area (TPSA) is 63.3 Å². The molecule has 0 saturated heterocycles. The van der Waals surface area contributed by atoms with Crippen molar-refractivity contribution in [3.8, 4) is 11.5 Å². The van der Waals surface area contributed by atoms with E-state index < -0.39 is 0 Å². The van der Waals surface area contributed by atoms with E-state index in [1.807, 2.05) is 18.2 Å². The van der Waals surface area contributed by atoms with E-state index in [2.05, 4.69) is 10.3 Å². The van der Waals surface area contributed by atoms with Gasteiger partial charge in [-0.05, 0) is 42.3 Å². The molecule has 3 aromatic rings. The zero-order chi connectivity index (χ0) is 17.8. The van der Waals surface area contributed by atoms with E-state index >= 15 is 0 Å². The molecule has 0 aliphatic rings. The van der Waals surface area contributed by atoms with Gasteiger partial charge in [-0.25, -0.2) is 4.39 Å². The summed E-state index contributed by atoms with van der Waals surface area (Å²) in [5.74, 6) is 0.707. The highest BCUT2D eigenvalue weighted by Gasteiger charge is 2.12. The van der Waals surface area contributed by atoms with E-state index in [1.165, 1.54) is 12.1 Å². The minimum Gasteiger partial charge on any atom is -0.493 e. The molecule has 1 heterocycles. The SMILES string of the molecule is COc1ccc(CCNC(=O)c2c[nH]c3ccc(F)cc23)cc1OC. The van der Waals surface area contributed by atoms with Gasteiger partial charge >= 0.3 is 0 Å². The monoisotopic (exact) mass is 342 g/mol. The number of ether oxygens (including phenoxy) is 2. The first kappa shape index (κ1) is 16.8. The van der Waals surface area contributed by atoms with E-state index in [-0.39, 0.29) is 11.7 Å². The van der Waals surface area contributed by atoms with Gasteiger partial charge in [-0.15, -0.1) is 0 Å². The predicted molar refractivity (Wildman–Crippen MR) is 93.8 cm³/mol. The number of hydrogen-bond acceptors (Lipinski definition) is 3. The summed E-state index contributed by atoms with van der Waals surface area (Å²) in [7, 11) is 3.17. The van der Waals surface area contributed by atoms with E-state index in [4.69, 9.17) is 9.47 Å². The molecule has 3 rings (SSSR count). The van der Waals surface area contributed by atoms with Gasteiger partial charge < -0.3 is 19.8 Å². The number of hydrogen-bond donors (Lipinski definition) is 2. The molecule has 2 aromatic carbocycles. The van der Waals surface area contributed by atoms with Crippen LogP contribution in [0.5, 0.6) is 11.5 Å². The van der Waals surface area contributed by atoms with Gasteiger partial charge in [0.05, 0.1) is 19.8 Å².